The normalized spacial score (nSPS) is 18.7. The van der Waals surface area contributed by atoms with Crippen molar-refractivity contribution in [2.45, 2.75) is 155 Å². The Hall–Kier alpha value is -6.60. The topological polar surface area (TPSA) is 282 Å². The third-order valence-electron chi connectivity index (χ3n) is 12.4. The van der Waals surface area contributed by atoms with Crippen LogP contribution in [-0.2, 0) is 55.9 Å². The van der Waals surface area contributed by atoms with E-state index in [4.69, 9.17) is 4.74 Å². The lowest BCUT2D eigenvalue weighted by Gasteiger charge is -2.32. The molecule has 3 rings (SSSR count). The Morgan fingerprint density at radius 3 is 2.07 bits per heavy atom. The van der Waals surface area contributed by atoms with Gasteiger partial charge in [-0.05, 0) is 53.9 Å². The number of rotatable bonds is 26. The molecule has 73 heavy (non-hydrogen) atoms. The number of unbranched alkanes of at least 4 members (excludes halogenated alkanes) is 4. The van der Waals surface area contributed by atoms with Crippen LogP contribution in [0.5, 0.6) is 5.75 Å². The largest absolute Gasteiger partial charge is 0.508 e. The summed E-state index contributed by atoms with van der Waals surface area (Å²) in [5.41, 5.74) is 1.38. The van der Waals surface area contributed by atoms with Gasteiger partial charge in [0.25, 0.3) is 0 Å². The van der Waals surface area contributed by atoms with Gasteiger partial charge in [-0.1, -0.05) is 128 Å². The number of esters is 1. The zero-order chi connectivity index (χ0) is 54.2. The van der Waals surface area contributed by atoms with E-state index in [1.54, 1.807) is 59.8 Å². The number of carbonyl (C=O) groups excluding carboxylic acids is 8. The van der Waals surface area contributed by atoms with Crippen molar-refractivity contribution in [3.8, 4) is 5.75 Å². The number of nitrogens with zero attached hydrogens (tertiary/aromatic N) is 1. The van der Waals surface area contributed by atoms with Crippen molar-refractivity contribution in [1.29, 1.82) is 0 Å². The number of likely N-dealkylation sites (N-methyl/N-ethyl adjacent to an activating group) is 1. The van der Waals surface area contributed by atoms with Gasteiger partial charge in [0.05, 0.1) is 31.2 Å². The first kappa shape index (κ1) is 60.7. The fraction of sp³-hybridized carbons (Fsp3) is 0.556. The summed E-state index contributed by atoms with van der Waals surface area (Å²) in [6, 6.07) is 7.02. The lowest BCUT2D eigenvalue weighted by atomic mass is 9.99. The van der Waals surface area contributed by atoms with Crippen LogP contribution in [0.2, 0.25) is 0 Å². The van der Waals surface area contributed by atoms with Crippen LogP contribution in [0.15, 0.2) is 78.9 Å². The van der Waals surface area contributed by atoms with E-state index >= 15 is 0 Å². The van der Waals surface area contributed by atoms with Crippen molar-refractivity contribution in [1.82, 2.24) is 36.8 Å². The van der Waals surface area contributed by atoms with E-state index in [1.165, 1.54) is 30.2 Å². The molecule has 1 aliphatic rings. The number of amides is 7. The quantitative estimate of drug-likeness (QED) is 0.0374. The summed E-state index contributed by atoms with van der Waals surface area (Å²) >= 11 is 0. The Morgan fingerprint density at radius 2 is 1.45 bits per heavy atom. The predicted molar refractivity (Wildman–Crippen MR) is 275 cm³/mol. The number of allylic oxidation sites excluding steroid dienone is 1. The third kappa shape index (κ3) is 20.8. The zero-order valence-corrected chi connectivity index (χ0v) is 43.6. The molecule has 1 heterocycles. The summed E-state index contributed by atoms with van der Waals surface area (Å²) in [7, 11) is 1.42. The van der Waals surface area contributed by atoms with Gasteiger partial charge in [-0.2, -0.15) is 0 Å². The van der Waals surface area contributed by atoms with E-state index in [0.29, 0.717) is 5.56 Å². The summed E-state index contributed by atoms with van der Waals surface area (Å²) < 4.78 is 5.66. The van der Waals surface area contributed by atoms with Crippen LogP contribution >= 0.6 is 0 Å². The van der Waals surface area contributed by atoms with E-state index in [-0.39, 0.29) is 36.8 Å². The van der Waals surface area contributed by atoms with Crippen molar-refractivity contribution in [2.75, 3.05) is 20.3 Å². The standard InChI is InChI=1S/C54H79N7O12/c1-9-10-11-12-13-14-18-21-44(65)56-40(28-36-19-16-15-17-20-36)50(68)60-48(34(4)5)52(70)57-41(31-62)43(64)30-46(67)59-47(33(2)3)51(69)55-38-24-27-45(66)58-49(35(6)7)53(71)61(8)42(54(72)73-32-38)29-37-22-25-39(63)26-23-37/h14-20,22-27,33-35,38,40-43,47-49,62-64H,9-13,21,28-32H2,1-8H3,(H,55,69)(H,56,65)(H,57,70)(H,58,66)(H,59,67)(H,60,68)/b18-14-,27-24?/t38-,40+,41+,42+,43+,47+,48+,49+/m1/s1. The molecule has 7 amide bonds. The molecule has 0 bridgehead atoms. The van der Waals surface area contributed by atoms with E-state index in [9.17, 15) is 53.7 Å². The number of phenolic OH excluding ortho intramolecular Hbond substituents is 1. The average Bonchev–Trinajstić information content (AvgIpc) is 3.34. The third-order valence-corrected chi connectivity index (χ3v) is 12.4. The molecule has 9 N–H and O–H groups in total. The molecule has 402 valence electrons. The zero-order valence-electron chi connectivity index (χ0n) is 43.6. The molecule has 1 aliphatic heterocycles. The average molecular weight is 1020 g/mol. The SMILES string of the molecule is CCCCCC/C=C\CC(=O)N[C@@H](Cc1ccccc1)C(=O)N[C@H](C(=O)N[C@@H](CO)[C@@H](O)CC(=O)N[C@H](C(=O)N[C@@H]1C=CC(=O)N[C@@H](C(C)C)C(=O)N(C)[C@@H](Cc2ccc(O)cc2)C(=O)OC1)C(C)C)C(C)C. The Balaban J connectivity index is 1.71. The minimum atomic E-state index is -1.67. The number of phenols is 1. The van der Waals surface area contributed by atoms with E-state index in [2.05, 4.69) is 38.8 Å². The molecule has 0 fully saturated rings. The molecule has 0 spiro atoms. The van der Waals surface area contributed by atoms with Crippen LogP contribution in [-0.4, -0.2) is 136 Å². The molecule has 0 aromatic heterocycles. The number of aliphatic hydroxyl groups is 2. The molecule has 0 saturated heterocycles. The molecule has 0 saturated carbocycles. The summed E-state index contributed by atoms with van der Waals surface area (Å²) in [4.78, 5) is 110. The number of ether oxygens (including phenoxy) is 1. The minimum absolute atomic E-state index is 0.00423. The number of carbonyl (C=O) groups is 8. The Morgan fingerprint density at radius 1 is 0.795 bits per heavy atom. The maximum atomic E-state index is 13.9. The maximum Gasteiger partial charge on any atom is 0.329 e. The van der Waals surface area contributed by atoms with Gasteiger partial charge in [-0.3, -0.25) is 33.6 Å². The summed E-state index contributed by atoms with van der Waals surface area (Å²) in [6.45, 7) is 11.0. The predicted octanol–water partition coefficient (Wildman–Crippen LogP) is 2.65. The van der Waals surface area contributed by atoms with E-state index in [1.807, 2.05) is 36.4 Å². The number of hydrogen-bond donors (Lipinski definition) is 9. The van der Waals surface area contributed by atoms with Gasteiger partial charge in [0.2, 0.25) is 41.4 Å². The number of aliphatic hydroxyl groups excluding tert-OH is 2. The highest BCUT2D eigenvalue weighted by Gasteiger charge is 2.37. The lowest BCUT2D eigenvalue weighted by Crippen LogP contribution is -2.59. The lowest BCUT2D eigenvalue weighted by molar-refractivity contribution is -0.156. The van der Waals surface area contributed by atoms with Gasteiger partial charge >= 0.3 is 5.97 Å². The van der Waals surface area contributed by atoms with Crippen LogP contribution in [0.4, 0.5) is 0 Å². The number of benzene rings is 2. The van der Waals surface area contributed by atoms with Gasteiger partial charge in [0.15, 0.2) is 0 Å². The molecular formula is C54H79N7O12. The first-order valence-corrected chi connectivity index (χ1v) is 25.3. The monoisotopic (exact) mass is 1020 g/mol. The van der Waals surface area contributed by atoms with Gasteiger partial charge in [0.1, 0.15) is 42.6 Å². The Kier molecular flexibility index (Phi) is 25.9. The molecule has 8 atom stereocenters. The highest BCUT2D eigenvalue weighted by molar-refractivity contribution is 5.95. The van der Waals surface area contributed by atoms with Crippen LogP contribution in [0.1, 0.15) is 105 Å². The van der Waals surface area contributed by atoms with Crippen LogP contribution in [0.25, 0.3) is 0 Å². The van der Waals surface area contributed by atoms with E-state index in [0.717, 1.165) is 43.7 Å². The first-order valence-electron chi connectivity index (χ1n) is 25.3. The number of nitrogens with one attached hydrogen (secondary N) is 6. The number of aromatic hydroxyl groups is 1. The van der Waals surface area contributed by atoms with E-state index < -0.39 is 121 Å². The number of cyclic esters (lactones) is 1. The van der Waals surface area contributed by atoms with Crippen molar-refractivity contribution in [3.05, 3.63) is 90.0 Å². The summed E-state index contributed by atoms with van der Waals surface area (Å²) in [5.74, 6) is -6.72. The van der Waals surface area contributed by atoms with Crippen molar-refractivity contribution >= 4 is 47.3 Å². The highest BCUT2D eigenvalue weighted by atomic mass is 16.5. The molecule has 19 nitrogen and oxygen atoms in total. The molecule has 2 aromatic carbocycles. The second kappa shape index (κ2) is 31.1. The second-order valence-electron chi connectivity index (χ2n) is 19.6. The van der Waals surface area contributed by atoms with Gasteiger partial charge in [-0.15, -0.1) is 0 Å². The number of hydrogen-bond acceptors (Lipinski definition) is 12. The van der Waals surface area contributed by atoms with Gasteiger partial charge in [0, 0.05) is 32.4 Å². The van der Waals surface area contributed by atoms with Crippen molar-refractivity contribution < 1.29 is 58.4 Å². The first-order chi connectivity index (χ1) is 34.6. The fourth-order valence-electron chi connectivity index (χ4n) is 7.94. The van der Waals surface area contributed by atoms with Crippen LogP contribution in [0.3, 0.4) is 0 Å². The molecule has 2 aromatic rings. The van der Waals surface area contributed by atoms with Crippen LogP contribution < -0.4 is 31.9 Å². The fourth-order valence-corrected chi connectivity index (χ4v) is 7.94. The van der Waals surface area contributed by atoms with Gasteiger partial charge < -0.3 is 56.9 Å². The summed E-state index contributed by atoms with van der Waals surface area (Å²) in [6.07, 6.45) is 9.22. The molecule has 0 radical (unpaired) electrons. The summed E-state index contributed by atoms with van der Waals surface area (Å²) in [5, 5.41) is 47.3. The van der Waals surface area contributed by atoms with Gasteiger partial charge in [-0.25, -0.2) is 4.79 Å². The Labute approximate surface area is 429 Å². The molecular weight excluding hydrogens is 939 g/mol. The van der Waals surface area contributed by atoms with Crippen molar-refractivity contribution in [2.24, 2.45) is 17.8 Å². The molecule has 19 heteroatoms. The second-order valence-corrected chi connectivity index (χ2v) is 19.6. The van der Waals surface area contributed by atoms with Crippen molar-refractivity contribution in [3.63, 3.8) is 0 Å². The highest BCUT2D eigenvalue weighted by Crippen LogP contribution is 2.18. The smallest absolute Gasteiger partial charge is 0.329 e. The molecule has 0 aliphatic carbocycles. The maximum absolute atomic E-state index is 13.9. The van der Waals surface area contributed by atoms with Crippen LogP contribution in [0, 0.1) is 17.8 Å². The molecule has 0 unspecified atom stereocenters. The minimum Gasteiger partial charge on any atom is -0.508 e. The Bertz CT molecular complexity index is 2180.